The quantitative estimate of drug-likeness (QED) is 0.639. The van der Waals surface area contributed by atoms with Gasteiger partial charge >= 0.3 is 0 Å². The summed E-state index contributed by atoms with van der Waals surface area (Å²) in [5, 5.41) is 3.13. The Kier molecular flexibility index (Phi) is 5.63. The third-order valence-electron chi connectivity index (χ3n) is 2.99. The molecule has 0 radical (unpaired) electrons. The fourth-order valence-electron chi connectivity index (χ4n) is 1.93. The maximum atomic E-state index is 12.4. The van der Waals surface area contributed by atoms with Crippen LogP contribution in [0.4, 0.5) is 5.69 Å². The average molecular weight is 334 g/mol. The zero-order chi connectivity index (χ0) is 16.1. The van der Waals surface area contributed by atoms with E-state index in [9.17, 15) is 9.59 Å². The van der Waals surface area contributed by atoms with Crippen LogP contribution in [-0.2, 0) is 4.79 Å². The van der Waals surface area contributed by atoms with Gasteiger partial charge in [0.15, 0.2) is 5.78 Å². The molecule has 5 heteroatoms. The van der Waals surface area contributed by atoms with E-state index in [0.29, 0.717) is 10.6 Å². The highest BCUT2D eigenvalue weighted by Crippen LogP contribution is 2.27. The molecule has 22 heavy (non-hydrogen) atoms. The largest absolute Gasteiger partial charge is 0.326 e. The Morgan fingerprint density at radius 2 is 1.64 bits per heavy atom. The van der Waals surface area contributed by atoms with Gasteiger partial charge in [0.1, 0.15) is 0 Å². The maximum absolute atomic E-state index is 12.4. The lowest BCUT2D eigenvalue weighted by Crippen LogP contribution is -2.13. The van der Waals surface area contributed by atoms with Crippen molar-refractivity contribution in [1.82, 2.24) is 0 Å². The number of Topliss-reactive ketones (excluding diaryl/α,β-unsaturated/α-hetero) is 1. The topological polar surface area (TPSA) is 46.2 Å². The van der Waals surface area contributed by atoms with Gasteiger partial charge in [-0.05, 0) is 55.5 Å². The lowest BCUT2D eigenvalue weighted by molar-refractivity contribution is -0.114. The van der Waals surface area contributed by atoms with Gasteiger partial charge in [0.25, 0.3) is 0 Å². The molecule has 1 N–H and O–H groups in total. The van der Waals surface area contributed by atoms with Gasteiger partial charge in [0.2, 0.25) is 5.91 Å². The Hall–Kier alpha value is -1.78. The number of amides is 1. The summed E-state index contributed by atoms with van der Waals surface area (Å²) in [6.07, 6.45) is 0. The van der Waals surface area contributed by atoms with Crippen LogP contribution in [0, 0.1) is 0 Å². The van der Waals surface area contributed by atoms with Gasteiger partial charge in [0, 0.05) is 28.1 Å². The number of carbonyl (C=O) groups excluding carboxylic acids is 2. The molecule has 1 unspecified atom stereocenters. The Morgan fingerprint density at radius 1 is 1.05 bits per heavy atom. The molecule has 0 spiro atoms. The normalized spacial score (nSPS) is 11.8. The van der Waals surface area contributed by atoms with Crippen LogP contribution < -0.4 is 5.32 Å². The molecule has 0 saturated heterocycles. The highest BCUT2D eigenvalue weighted by molar-refractivity contribution is 8.00. The number of hydrogen-bond acceptors (Lipinski definition) is 3. The molecule has 2 rings (SSSR count). The van der Waals surface area contributed by atoms with Gasteiger partial charge in [0.05, 0.1) is 5.25 Å². The van der Waals surface area contributed by atoms with Crippen LogP contribution >= 0.6 is 23.4 Å². The number of anilines is 1. The second kappa shape index (κ2) is 7.47. The number of carbonyl (C=O) groups is 2. The minimum absolute atomic E-state index is 0.0626. The van der Waals surface area contributed by atoms with E-state index in [1.807, 2.05) is 31.2 Å². The van der Waals surface area contributed by atoms with Crippen molar-refractivity contribution in [3.05, 3.63) is 59.1 Å². The first-order valence-electron chi connectivity index (χ1n) is 6.80. The summed E-state index contributed by atoms with van der Waals surface area (Å²) in [7, 11) is 0. The summed E-state index contributed by atoms with van der Waals surface area (Å²) in [5.74, 6) is -0.0423. The summed E-state index contributed by atoms with van der Waals surface area (Å²) >= 11 is 7.31. The second-order valence-corrected chi connectivity index (χ2v) is 6.69. The Bertz CT molecular complexity index is 668. The van der Waals surface area contributed by atoms with Crippen molar-refractivity contribution < 1.29 is 9.59 Å². The van der Waals surface area contributed by atoms with Crippen molar-refractivity contribution in [3.8, 4) is 0 Å². The molecule has 0 aliphatic heterocycles. The molecule has 0 aliphatic carbocycles. The van der Waals surface area contributed by atoms with Crippen molar-refractivity contribution >= 4 is 40.7 Å². The van der Waals surface area contributed by atoms with Crippen LogP contribution in [0.5, 0.6) is 0 Å². The Morgan fingerprint density at radius 3 is 2.18 bits per heavy atom. The number of halogens is 1. The van der Waals surface area contributed by atoms with Crippen molar-refractivity contribution in [1.29, 1.82) is 0 Å². The third-order valence-corrected chi connectivity index (χ3v) is 4.35. The smallest absolute Gasteiger partial charge is 0.221 e. The van der Waals surface area contributed by atoms with Gasteiger partial charge in [-0.2, -0.15) is 0 Å². The molecular formula is C17H16ClNO2S. The van der Waals surface area contributed by atoms with E-state index >= 15 is 0 Å². The van der Waals surface area contributed by atoms with E-state index in [1.165, 1.54) is 18.7 Å². The predicted molar refractivity (Wildman–Crippen MR) is 91.8 cm³/mol. The van der Waals surface area contributed by atoms with Crippen LogP contribution in [0.3, 0.4) is 0 Å². The van der Waals surface area contributed by atoms with E-state index < -0.39 is 0 Å². The highest BCUT2D eigenvalue weighted by Gasteiger charge is 2.16. The molecule has 1 amide bonds. The monoisotopic (exact) mass is 333 g/mol. The van der Waals surface area contributed by atoms with E-state index in [2.05, 4.69) is 5.32 Å². The molecular weight excluding hydrogens is 318 g/mol. The van der Waals surface area contributed by atoms with Gasteiger partial charge < -0.3 is 5.32 Å². The molecule has 0 saturated carbocycles. The van der Waals surface area contributed by atoms with Crippen LogP contribution in [-0.4, -0.2) is 16.9 Å². The number of benzene rings is 2. The minimum Gasteiger partial charge on any atom is -0.326 e. The molecule has 0 aliphatic rings. The third kappa shape index (κ3) is 4.61. The molecule has 2 aromatic carbocycles. The molecule has 0 heterocycles. The summed E-state index contributed by atoms with van der Waals surface area (Å²) in [6, 6.07) is 14.3. The molecule has 0 aromatic heterocycles. The maximum Gasteiger partial charge on any atom is 0.221 e. The Balaban J connectivity index is 2.01. The first-order valence-corrected chi connectivity index (χ1v) is 8.05. The van der Waals surface area contributed by atoms with Crippen molar-refractivity contribution in [2.45, 2.75) is 24.0 Å². The molecule has 0 bridgehead atoms. The van der Waals surface area contributed by atoms with Crippen LogP contribution in [0.25, 0.3) is 0 Å². The lowest BCUT2D eigenvalue weighted by Gasteiger charge is -2.11. The first kappa shape index (κ1) is 16.6. The fraction of sp³-hybridized carbons (Fsp3) is 0.176. The fourth-order valence-corrected chi connectivity index (χ4v) is 3.00. The Labute approximate surface area is 139 Å². The summed E-state index contributed by atoms with van der Waals surface area (Å²) < 4.78 is 0. The van der Waals surface area contributed by atoms with Crippen molar-refractivity contribution in [3.63, 3.8) is 0 Å². The van der Waals surface area contributed by atoms with Gasteiger partial charge in [-0.3, -0.25) is 9.59 Å². The zero-order valence-electron chi connectivity index (χ0n) is 12.3. The molecule has 3 nitrogen and oxygen atoms in total. The van der Waals surface area contributed by atoms with E-state index in [-0.39, 0.29) is 16.9 Å². The number of rotatable bonds is 5. The number of thioether (sulfide) groups is 1. The first-order chi connectivity index (χ1) is 10.5. The number of hydrogen-bond donors (Lipinski definition) is 1. The summed E-state index contributed by atoms with van der Waals surface area (Å²) in [4.78, 5) is 24.3. The molecule has 114 valence electrons. The number of nitrogens with one attached hydrogen (secondary N) is 1. The van der Waals surface area contributed by atoms with E-state index in [1.54, 1.807) is 24.3 Å². The summed E-state index contributed by atoms with van der Waals surface area (Å²) in [6.45, 7) is 3.35. The zero-order valence-corrected chi connectivity index (χ0v) is 13.9. The second-order valence-electron chi connectivity index (χ2n) is 4.84. The SMILES string of the molecule is CC(=O)Nc1ccc(SC(C)C(=O)c2ccc(Cl)cc2)cc1. The number of ketones is 1. The molecule has 0 fully saturated rings. The van der Waals surface area contributed by atoms with E-state index in [4.69, 9.17) is 11.6 Å². The van der Waals surface area contributed by atoms with Crippen LogP contribution in [0.1, 0.15) is 24.2 Å². The van der Waals surface area contributed by atoms with Gasteiger partial charge in [-0.25, -0.2) is 0 Å². The van der Waals surface area contributed by atoms with Crippen molar-refractivity contribution in [2.75, 3.05) is 5.32 Å². The predicted octanol–water partition coefficient (Wildman–Crippen LogP) is 4.66. The highest BCUT2D eigenvalue weighted by atomic mass is 35.5. The standard InChI is InChI=1S/C17H16ClNO2S/c1-11(17(21)13-3-5-14(18)6-4-13)22-16-9-7-15(8-10-16)19-12(2)20/h3-11H,1-2H3,(H,19,20). The van der Waals surface area contributed by atoms with E-state index in [0.717, 1.165) is 10.6 Å². The van der Waals surface area contributed by atoms with Crippen LogP contribution in [0.15, 0.2) is 53.4 Å². The minimum atomic E-state index is -0.201. The summed E-state index contributed by atoms with van der Waals surface area (Å²) in [5.41, 5.74) is 1.40. The van der Waals surface area contributed by atoms with Crippen molar-refractivity contribution in [2.24, 2.45) is 0 Å². The molecule has 2 aromatic rings. The molecule has 1 atom stereocenters. The lowest BCUT2D eigenvalue weighted by atomic mass is 10.1. The van der Waals surface area contributed by atoms with Gasteiger partial charge in [-0.1, -0.05) is 11.6 Å². The van der Waals surface area contributed by atoms with Gasteiger partial charge in [-0.15, -0.1) is 11.8 Å². The average Bonchev–Trinajstić information content (AvgIpc) is 2.49. The van der Waals surface area contributed by atoms with Crippen LogP contribution in [0.2, 0.25) is 5.02 Å².